The number of benzene rings is 2. The quantitative estimate of drug-likeness (QED) is 0.731. The molecule has 0 spiro atoms. The SMILES string of the molecule is NC1CCN(c2nnc(-c3ccc(C(F)(F)F)cc3)c3ccccc23)CC1. The van der Waals surface area contributed by atoms with Gasteiger partial charge in [0.1, 0.15) is 5.69 Å². The third-order valence-corrected chi connectivity index (χ3v) is 4.99. The first-order valence-electron chi connectivity index (χ1n) is 8.87. The fraction of sp³-hybridized carbons (Fsp3) is 0.300. The Kier molecular flexibility index (Phi) is 4.47. The van der Waals surface area contributed by atoms with Crippen LogP contribution in [0.4, 0.5) is 19.0 Å². The van der Waals surface area contributed by atoms with Crippen molar-refractivity contribution in [2.45, 2.75) is 25.1 Å². The molecule has 1 aromatic heterocycles. The molecular formula is C20H19F3N4. The van der Waals surface area contributed by atoms with Crippen LogP contribution in [0.25, 0.3) is 22.0 Å². The van der Waals surface area contributed by atoms with Crippen LogP contribution in [0, 0.1) is 0 Å². The lowest BCUT2D eigenvalue weighted by atomic mass is 10.0. The summed E-state index contributed by atoms with van der Waals surface area (Å²) in [5.74, 6) is 0.799. The van der Waals surface area contributed by atoms with Gasteiger partial charge in [-0.1, -0.05) is 36.4 Å². The minimum Gasteiger partial charge on any atom is -0.354 e. The summed E-state index contributed by atoms with van der Waals surface area (Å²) in [5, 5.41) is 10.6. The number of rotatable bonds is 2. The first-order chi connectivity index (χ1) is 12.9. The molecule has 1 fully saturated rings. The van der Waals surface area contributed by atoms with Crippen LogP contribution >= 0.6 is 0 Å². The summed E-state index contributed by atoms with van der Waals surface area (Å²) in [5.41, 5.74) is 6.50. The lowest BCUT2D eigenvalue weighted by molar-refractivity contribution is -0.137. The van der Waals surface area contributed by atoms with Crippen LogP contribution in [-0.2, 0) is 6.18 Å². The highest BCUT2D eigenvalue weighted by Crippen LogP contribution is 2.34. The molecule has 0 atom stereocenters. The Morgan fingerprint density at radius 1 is 0.889 bits per heavy atom. The number of fused-ring (bicyclic) bond motifs is 1. The van der Waals surface area contributed by atoms with E-state index in [0.717, 1.165) is 54.7 Å². The highest BCUT2D eigenvalue weighted by atomic mass is 19.4. The largest absolute Gasteiger partial charge is 0.416 e. The van der Waals surface area contributed by atoms with Gasteiger partial charge in [0.05, 0.1) is 5.56 Å². The summed E-state index contributed by atoms with van der Waals surface area (Å²) < 4.78 is 38.5. The third kappa shape index (κ3) is 3.47. The van der Waals surface area contributed by atoms with Crippen molar-refractivity contribution in [2.75, 3.05) is 18.0 Å². The van der Waals surface area contributed by atoms with E-state index in [9.17, 15) is 13.2 Å². The van der Waals surface area contributed by atoms with E-state index >= 15 is 0 Å². The lowest BCUT2D eigenvalue weighted by Crippen LogP contribution is -2.40. The van der Waals surface area contributed by atoms with Crippen molar-refractivity contribution in [3.63, 3.8) is 0 Å². The van der Waals surface area contributed by atoms with Crippen molar-refractivity contribution in [3.05, 3.63) is 54.1 Å². The van der Waals surface area contributed by atoms with Gasteiger partial charge in [-0.3, -0.25) is 0 Å². The first-order valence-corrected chi connectivity index (χ1v) is 8.87. The smallest absolute Gasteiger partial charge is 0.354 e. The normalized spacial score (nSPS) is 16.1. The van der Waals surface area contributed by atoms with Crippen LogP contribution < -0.4 is 10.6 Å². The van der Waals surface area contributed by atoms with Crippen molar-refractivity contribution in [3.8, 4) is 11.3 Å². The second kappa shape index (κ2) is 6.81. The lowest BCUT2D eigenvalue weighted by Gasteiger charge is -2.31. The Morgan fingerprint density at radius 3 is 2.15 bits per heavy atom. The molecule has 1 saturated heterocycles. The Bertz CT molecular complexity index is 946. The molecule has 0 saturated carbocycles. The number of hydrogen-bond acceptors (Lipinski definition) is 4. The summed E-state index contributed by atoms with van der Waals surface area (Å²) in [6, 6.07) is 13.0. The van der Waals surface area contributed by atoms with Crippen LogP contribution in [0.3, 0.4) is 0 Å². The molecule has 0 amide bonds. The van der Waals surface area contributed by atoms with Gasteiger partial charge in [0.25, 0.3) is 0 Å². The average molecular weight is 372 g/mol. The maximum absolute atomic E-state index is 12.8. The van der Waals surface area contributed by atoms with Gasteiger partial charge in [0.2, 0.25) is 0 Å². The molecule has 4 nitrogen and oxygen atoms in total. The zero-order valence-electron chi connectivity index (χ0n) is 14.6. The molecule has 1 aliphatic rings. The van der Waals surface area contributed by atoms with E-state index in [4.69, 9.17) is 5.73 Å². The first kappa shape index (κ1) is 17.7. The summed E-state index contributed by atoms with van der Waals surface area (Å²) in [6.07, 6.45) is -2.56. The molecule has 1 aliphatic heterocycles. The monoisotopic (exact) mass is 372 g/mol. The minimum absolute atomic E-state index is 0.215. The molecule has 0 bridgehead atoms. The number of piperidine rings is 1. The van der Waals surface area contributed by atoms with E-state index < -0.39 is 11.7 Å². The molecule has 4 rings (SSSR count). The Hall–Kier alpha value is -2.67. The number of alkyl halides is 3. The molecule has 140 valence electrons. The number of aromatic nitrogens is 2. The summed E-state index contributed by atoms with van der Waals surface area (Å²) in [7, 11) is 0. The predicted molar refractivity (Wildman–Crippen MR) is 99.4 cm³/mol. The fourth-order valence-electron chi connectivity index (χ4n) is 3.46. The minimum atomic E-state index is -4.36. The Labute approximate surface area is 154 Å². The second-order valence-corrected chi connectivity index (χ2v) is 6.82. The van der Waals surface area contributed by atoms with E-state index in [1.54, 1.807) is 0 Å². The van der Waals surface area contributed by atoms with Crippen LogP contribution in [-0.4, -0.2) is 29.3 Å². The zero-order chi connectivity index (χ0) is 19.0. The van der Waals surface area contributed by atoms with Gasteiger partial charge in [-0.25, -0.2) is 0 Å². The van der Waals surface area contributed by atoms with Gasteiger partial charge in [-0.2, -0.15) is 13.2 Å². The Balaban J connectivity index is 1.76. The summed E-state index contributed by atoms with van der Waals surface area (Å²) >= 11 is 0. The van der Waals surface area contributed by atoms with Crippen LogP contribution in [0.15, 0.2) is 48.5 Å². The van der Waals surface area contributed by atoms with Crippen molar-refractivity contribution in [1.29, 1.82) is 0 Å². The zero-order valence-corrected chi connectivity index (χ0v) is 14.6. The molecule has 7 heteroatoms. The van der Waals surface area contributed by atoms with E-state index in [2.05, 4.69) is 15.1 Å². The molecule has 2 heterocycles. The topological polar surface area (TPSA) is 55.0 Å². The van der Waals surface area contributed by atoms with Gasteiger partial charge in [-0.15, -0.1) is 10.2 Å². The molecule has 0 unspecified atom stereocenters. The standard InChI is InChI=1S/C20H19F3N4/c21-20(22,23)14-7-5-13(6-8-14)18-16-3-1-2-4-17(16)19(26-25-18)27-11-9-15(24)10-12-27/h1-8,15H,9-12,24H2. The van der Waals surface area contributed by atoms with Crippen molar-refractivity contribution >= 4 is 16.6 Å². The van der Waals surface area contributed by atoms with Crippen molar-refractivity contribution in [2.24, 2.45) is 5.73 Å². The van der Waals surface area contributed by atoms with Crippen LogP contribution in [0.2, 0.25) is 0 Å². The van der Waals surface area contributed by atoms with Gasteiger partial charge < -0.3 is 10.6 Å². The third-order valence-electron chi connectivity index (χ3n) is 4.99. The van der Waals surface area contributed by atoms with Crippen molar-refractivity contribution in [1.82, 2.24) is 10.2 Å². The van der Waals surface area contributed by atoms with Gasteiger partial charge >= 0.3 is 6.18 Å². The maximum Gasteiger partial charge on any atom is 0.416 e. The fourth-order valence-corrected chi connectivity index (χ4v) is 3.46. The number of halogens is 3. The number of anilines is 1. The molecule has 0 aliphatic carbocycles. The molecule has 2 N–H and O–H groups in total. The second-order valence-electron chi connectivity index (χ2n) is 6.82. The van der Waals surface area contributed by atoms with E-state index in [-0.39, 0.29) is 6.04 Å². The highest BCUT2D eigenvalue weighted by molar-refractivity contribution is 6.00. The van der Waals surface area contributed by atoms with E-state index in [1.165, 1.54) is 12.1 Å². The number of nitrogens with zero attached hydrogens (tertiary/aromatic N) is 3. The summed E-state index contributed by atoms with van der Waals surface area (Å²) in [4.78, 5) is 2.18. The van der Waals surface area contributed by atoms with Gasteiger partial charge in [0.15, 0.2) is 5.82 Å². The van der Waals surface area contributed by atoms with Crippen LogP contribution in [0.1, 0.15) is 18.4 Å². The van der Waals surface area contributed by atoms with Crippen LogP contribution in [0.5, 0.6) is 0 Å². The van der Waals surface area contributed by atoms with Gasteiger partial charge in [0, 0.05) is 35.5 Å². The molecule has 0 radical (unpaired) electrons. The molecule has 3 aromatic rings. The highest BCUT2D eigenvalue weighted by Gasteiger charge is 2.30. The average Bonchev–Trinajstić information content (AvgIpc) is 2.67. The molecule has 2 aromatic carbocycles. The summed E-state index contributed by atoms with van der Waals surface area (Å²) in [6.45, 7) is 1.64. The number of hydrogen-bond donors (Lipinski definition) is 1. The number of nitrogens with two attached hydrogens (primary N) is 1. The van der Waals surface area contributed by atoms with E-state index in [0.29, 0.717) is 11.3 Å². The van der Waals surface area contributed by atoms with Crippen molar-refractivity contribution < 1.29 is 13.2 Å². The van der Waals surface area contributed by atoms with E-state index in [1.807, 2.05) is 24.3 Å². The molecule has 27 heavy (non-hydrogen) atoms. The maximum atomic E-state index is 12.8. The van der Waals surface area contributed by atoms with Gasteiger partial charge in [-0.05, 0) is 25.0 Å². The predicted octanol–water partition coefficient (Wildman–Crippen LogP) is 4.24. The molecular weight excluding hydrogens is 353 g/mol. The Morgan fingerprint density at radius 2 is 1.52 bits per heavy atom.